The molecular formula is C15H19N5O2. The molecule has 1 atom stereocenters. The Balaban J connectivity index is 1.78. The summed E-state index contributed by atoms with van der Waals surface area (Å²) in [6.07, 6.45) is 5.68. The van der Waals surface area contributed by atoms with Gasteiger partial charge in [-0.3, -0.25) is 4.79 Å². The predicted molar refractivity (Wildman–Crippen MR) is 78.3 cm³/mol. The normalized spacial score (nSPS) is 18.5. The summed E-state index contributed by atoms with van der Waals surface area (Å²) in [6.45, 7) is 5.12. The van der Waals surface area contributed by atoms with Crippen molar-refractivity contribution in [3.8, 4) is 0 Å². The Morgan fingerprint density at radius 3 is 3.09 bits per heavy atom. The Morgan fingerprint density at radius 2 is 2.36 bits per heavy atom. The first kappa shape index (κ1) is 14.6. The third kappa shape index (κ3) is 2.84. The van der Waals surface area contributed by atoms with Crippen LogP contribution in [0.5, 0.6) is 0 Å². The Bertz CT molecular complexity index is 669. The SMILES string of the molecule is CCc1ncncc1C(=O)N1CCCC(c2nc(C)no2)C1. The summed E-state index contributed by atoms with van der Waals surface area (Å²) in [5, 5.41) is 3.84. The second kappa shape index (κ2) is 6.21. The Morgan fingerprint density at radius 1 is 1.50 bits per heavy atom. The Labute approximate surface area is 128 Å². The van der Waals surface area contributed by atoms with Gasteiger partial charge >= 0.3 is 0 Å². The predicted octanol–water partition coefficient (Wildman–Crippen LogP) is 1.75. The van der Waals surface area contributed by atoms with Gasteiger partial charge in [-0.2, -0.15) is 4.98 Å². The number of likely N-dealkylation sites (tertiary alicyclic amines) is 1. The van der Waals surface area contributed by atoms with Gasteiger partial charge < -0.3 is 9.42 Å². The zero-order valence-corrected chi connectivity index (χ0v) is 12.8. The molecule has 1 fully saturated rings. The van der Waals surface area contributed by atoms with Crippen LogP contribution in [0.3, 0.4) is 0 Å². The van der Waals surface area contributed by atoms with Gasteiger partial charge in [0.1, 0.15) is 6.33 Å². The molecule has 0 bridgehead atoms. The van der Waals surface area contributed by atoms with Gasteiger partial charge in [0.2, 0.25) is 5.89 Å². The molecule has 3 rings (SSSR count). The van der Waals surface area contributed by atoms with Crippen LogP contribution in [0.25, 0.3) is 0 Å². The van der Waals surface area contributed by atoms with E-state index in [9.17, 15) is 4.79 Å². The van der Waals surface area contributed by atoms with E-state index in [0.717, 1.165) is 25.1 Å². The zero-order chi connectivity index (χ0) is 15.5. The largest absolute Gasteiger partial charge is 0.339 e. The number of carbonyl (C=O) groups is 1. The summed E-state index contributed by atoms with van der Waals surface area (Å²) >= 11 is 0. The molecule has 2 aromatic rings. The fraction of sp³-hybridized carbons (Fsp3) is 0.533. The van der Waals surface area contributed by atoms with Crippen LogP contribution in [0.1, 0.15) is 53.5 Å². The molecule has 0 radical (unpaired) electrons. The van der Waals surface area contributed by atoms with Gasteiger partial charge in [-0.25, -0.2) is 9.97 Å². The average Bonchev–Trinajstić information content (AvgIpc) is 3.01. The molecule has 7 nitrogen and oxygen atoms in total. The number of aryl methyl sites for hydroxylation is 2. The van der Waals surface area contributed by atoms with Crippen LogP contribution in [-0.4, -0.2) is 44.0 Å². The maximum Gasteiger partial charge on any atom is 0.257 e. The molecule has 0 aliphatic carbocycles. The Hall–Kier alpha value is -2.31. The standard InChI is InChI=1S/C15H19N5O2/c1-3-13-12(7-16-9-17-13)15(21)20-6-4-5-11(8-20)14-18-10(2)19-22-14/h7,9,11H,3-6,8H2,1-2H3. The summed E-state index contributed by atoms with van der Waals surface area (Å²) in [7, 11) is 0. The zero-order valence-electron chi connectivity index (χ0n) is 12.8. The highest BCUT2D eigenvalue weighted by atomic mass is 16.5. The van der Waals surface area contributed by atoms with Gasteiger partial charge in [-0.15, -0.1) is 0 Å². The first-order valence-electron chi connectivity index (χ1n) is 7.57. The van der Waals surface area contributed by atoms with E-state index in [2.05, 4.69) is 20.1 Å². The third-order valence-corrected chi connectivity index (χ3v) is 3.96. The molecule has 0 N–H and O–H groups in total. The minimum Gasteiger partial charge on any atom is -0.339 e. The topological polar surface area (TPSA) is 85.0 Å². The van der Waals surface area contributed by atoms with Crippen molar-refractivity contribution in [1.82, 2.24) is 25.0 Å². The second-order valence-electron chi connectivity index (χ2n) is 5.51. The molecule has 1 unspecified atom stereocenters. The molecule has 0 saturated carbocycles. The lowest BCUT2D eigenvalue weighted by Gasteiger charge is -2.31. The van der Waals surface area contributed by atoms with E-state index in [4.69, 9.17) is 4.52 Å². The van der Waals surface area contributed by atoms with Gasteiger partial charge in [0.15, 0.2) is 5.82 Å². The van der Waals surface area contributed by atoms with Crippen LogP contribution in [0.15, 0.2) is 17.0 Å². The van der Waals surface area contributed by atoms with Crippen molar-refractivity contribution < 1.29 is 9.32 Å². The number of hydrogen-bond donors (Lipinski definition) is 0. The first-order chi connectivity index (χ1) is 10.7. The van der Waals surface area contributed by atoms with Gasteiger partial charge in [0, 0.05) is 19.3 Å². The molecule has 0 spiro atoms. The monoisotopic (exact) mass is 301 g/mol. The molecule has 116 valence electrons. The van der Waals surface area contributed by atoms with E-state index in [1.165, 1.54) is 6.33 Å². The van der Waals surface area contributed by atoms with Crippen LogP contribution in [0, 0.1) is 6.92 Å². The fourth-order valence-electron chi connectivity index (χ4n) is 2.83. The molecule has 22 heavy (non-hydrogen) atoms. The number of hydrogen-bond acceptors (Lipinski definition) is 6. The van der Waals surface area contributed by atoms with Crippen molar-refractivity contribution in [1.29, 1.82) is 0 Å². The number of rotatable bonds is 3. The molecule has 1 aliphatic rings. The van der Waals surface area contributed by atoms with Gasteiger partial charge in [-0.05, 0) is 26.2 Å². The van der Waals surface area contributed by atoms with Crippen LogP contribution < -0.4 is 0 Å². The van der Waals surface area contributed by atoms with Crippen molar-refractivity contribution in [3.63, 3.8) is 0 Å². The molecule has 1 amide bonds. The minimum atomic E-state index is -0.0154. The lowest BCUT2D eigenvalue weighted by Crippen LogP contribution is -2.39. The van der Waals surface area contributed by atoms with Gasteiger partial charge in [0.05, 0.1) is 17.2 Å². The van der Waals surface area contributed by atoms with E-state index in [1.807, 2.05) is 11.8 Å². The third-order valence-electron chi connectivity index (χ3n) is 3.96. The lowest BCUT2D eigenvalue weighted by atomic mass is 9.97. The van der Waals surface area contributed by atoms with Crippen LogP contribution >= 0.6 is 0 Å². The van der Waals surface area contributed by atoms with Crippen LogP contribution in [0.2, 0.25) is 0 Å². The summed E-state index contributed by atoms with van der Waals surface area (Å²) < 4.78 is 5.26. The quantitative estimate of drug-likeness (QED) is 0.858. The Kier molecular flexibility index (Phi) is 4.13. The van der Waals surface area contributed by atoms with Crippen LogP contribution in [0.4, 0.5) is 0 Å². The summed E-state index contributed by atoms with van der Waals surface area (Å²) in [5.74, 6) is 1.34. The first-order valence-corrected chi connectivity index (χ1v) is 7.57. The van der Waals surface area contributed by atoms with Crippen molar-refractivity contribution in [2.75, 3.05) is 13.1 Å². The molecule has 1 saturated heterocycles. The highest BCUT2D eigenvalue weighted by Crippen LogP contribution is 2.26. The number of amides is 1. The van der Waals surface area contributed by atoms with Gasteiger partial charge in [0.25, 0.3) is 5.91 Å². The molecule has 2 aromatic heterocycles. The summed E-state index contributed by atoms with van der Waals surface area (Å²) in [6, 6.07) is 0. The maximum atomic E-state index is 12.7. The number of aromatic nitrogens is 4. The molecule has 7 heteroatoms. The van der Waals surface area contributed by atoms with E-state index in [-0.39, 0.29) is 11.8 Å². The number of nitrogens with zero attached hydrogens (tertiary/aromatic N) is 5. The van der Waals surface area contributed by atoms with Gasteiger partial charge in [-0.1, -0.05) is 12.1 Å². The second-order valence-corrected chi connectivity index (χ2v) is 5.51. The maximum absolute atomic E-state index is 12.7. The van der Waals surface area contributed by atoms with E-state index >= 15 is 0 Å². The minimum absolute atomic E-state index is 0.0154. The van der Waals surface area contributed by atoms with Crippen molar-refractivity contribution in [3.05, 3.63) is 35.5 Å². The summed E-state index contributed by atoms with van der Waals surface area (Å²) in [4.78, 5) is 27.1. The van der Waals surface area contributed by atoms with E-state index < -0.39 is 0 Å². The molecule has 1 aliphatic heterocycles. The van der Waals surface area contributed by atoms with Crippen LogP contribution in [-0.2, 0) is 6.42 Å². The van der Waals surface area contributed by atoms with Crippen molar-refractivity contribution >= 4 is 5.91 Å². The smallest absolute Gasteiger partial charge is 0.257 e. The highest BCUT2D eigenvalue weighted by Gasteiger charge is 2.29. The lowest BCUT2D eigenvalue weighted by molar-refractivity contribution is 0.0693. The average molecular weight is 301 g/mol. The highest BCUT2D eigenvalue weighted by molar-refractivity contribution is 5.95. The molecule has 3 heterocycles. The fourth-order valence-corrected chi connectivity index (χ4v) is 2.83. The summed E-state index contributed by atoms with van der Waals surface area (Å²) in [5.41, 5.74) is 1.38. The molecular weight excluding hydrogens is 282 g/mol. The van der Waals surface area contributed by atoms with Crippen molar-refractivity contribution in [2.24, 2.45) is 0 Å². The number of piperidine rings is 1. The number of carbonyl (C=O) groups excluding carboxylic acids is 1. The van der Waals surface area contributed by atoms with E-state index in [0.29, 0.717) is 30.2 Å². The van der Waals surface area contributed by atoms with Crippen molar-refractivity contribution in [2.45, 2.75) is 39.0 Å². The van der Waals surface area contributed by atoms with E-state index in [1.54, 1.807) is 13.1 Å². The molecule has 0 aromatic carbocycles.